The first kappa shape index (κ1) is 18.4. The van der Waals surface area contributed by atoms with E-state index in [0.29, 0.717) is 11.3 Å². The van der Waals surface area contributed by atoms with Gasteiger partial charge < -0.3 is 0 Å². The third-order valence-electron chi connectivity index (χ3n) is 4.72. The molecule has 1 aliphatic heterocycles. The SMILES string of the molecule is Cc1ccc(N2C(=O)NC(=O)/C(=C\c3ccc(-c4ccccc4)cc3)C2=O)cc1. The minimum absolute atomic E-state index is 0.0855. The topological polar surface area (TPSA) is 66.5 Å². The number of carbonyl (C=O) groups is 3. The number of anilines is 1. The molecular formula is C24H18N2O3. The van der Waals surface area contributed by atoms with Gasteiger partial charge in [0.2, 0.25) is 0 Å². The molecule has 0 spiro atoms. The van der Waals surface area contributed by atoms with Crippen LogP contribution in [0.3, 0.4) is 0 Å². The molecule has 1 aliphatic rings. The molecule has 0 radical (unpaired) electrons. The van der Waals surface area contributed by atoms with E-state index in [9.17, 15) is 14.4 Å². The molecule has 0 aliphatic carbocycles. The molecule has 1 fully saturated rings. The number of imide groups is 2. The maximum absolute atomic E-state index is 12.9. The minimum Gasteiger partial charge on any atom is -0.273 e. The predicted octanol–water partition coefficient (Wildman–Crippen LogP) is 4.33. The van der Waals surface area contributed by atoms with Gasteiger partial charge >= 0.3 is 6.03 Å². The van der Waals surface area contributed by atoms with Gasteiger partial charge in [-0.25, -0.2) is 9.69 Å². The van der Waals surface area contributed by atoms with Crippen LogP contribution in [-0.4, -0.2) is 17.8 Å². The molecule has 1 N–H and O–H groups in total. The van der Waals surface area contributed by atoms with Crippen LogP contribution in [0.1, 0.15) is 11.1 Å². The summed E-state index contributed by atoms with van der Waals surface area (Å²) in [5, 5.41) is 2.24. The van der Waals surface area contributed by atoms with Crippen LogP contribution in [0.15, 0.2) is 84.4 Å². The summed E-state index contributed by atoms with van der Waals surface area (Å²) in [4.78, 5) is 38.4. The van der Waals surface area contributed by atoms with E-state index in [0.717, 1.165) is 21.6 Å². The van der Waals surface area contributed by atoms with Crippen LogP contribution in [0.25, 0.3) is 17.2 Å². The van der Waals surface area contributed by atoms with E-state index in [1.165, 1.54) is 6.08 Å². The Morgan fingerprint density at radius 1 is 0.759 bits per heavy atom. The van der Waals surface area contributed by atoms with Crippen molar-refractivity contribution in [3.05, 3.63) is 95.6 Å². The minimum atomic E-state index is -0.750. The molecule has 29 heavy (non-hydrogen) atoms. The number of aryl methyl sites for hydroxylation is 1. The fourth-order valence-corrected chi connectivity index (χ4v) is 3.15. The molecule has 4 rings (SSSR count). The molecule has 142 valence electrons. The maximum atomic E-state index is 12.9. The number of hydrogen-bond acceptors (Lipinski definition) is 3. The Balaban J connectivity index is 1.65. The van der Waals surface area contributed by atoms with Crippen LogP contribution in [-0.2, 0) is 9.59 Å². The van der Waals surface area contributed by atoms with E-state index in [4.69, 9.17) is 0 Å². The third kappa shape index (κ3) is 3.71. The van der Waals surface area contributed by atoms with Crippen molar-refractivity contribution >= 4 is 29.6 Å². The molecule has 4 amide bonds. The van der Waals surface area contributed by atoms with Crippen molar-refractivity contribution < 1.29 is 14.4 Å². The number of rotatable bonds is 3. The van der Waals surface area contributed by atoms with Gasteiger partial charge in [0.05, 0.1) is 5.69 Å². The molecule has 0 saturated carbocycles. The number of benzene rings is 3. The fraction of sp³-hybridized carbons (Fsp3) is 0.0417. The van der Waals surface area contributed by atoms with Gasteiger partial charge in [0.1, 0.15) is 5.57 Å². The van der Waals surface area contributed by atoms with E-state index in [1.807, 2.05) is 61.5 Å². The summed E-state index contributed by atoms with van der Waals surface area (Å²) in [6, 6.07) is 23.6. The van der Waals surface area contributed by atoms with Gasteiger partial charge in [-0.2, -0.15) is 0 Å². The lowest BCUT2D eigenvalue weighted by Crippen LogP contribution is -2.54. The lowest BCUT2D eigenvalue weighted by atomic mass is 10.0. The third-order valence-corrected chi connectivity index (χ3v) is 4.72. The maximum Gasteiger partial charge on any atom is 0.335 e. The van der Waals surface area contributed by atoms with E-state index in [2.05, 4.69) is 5.32 Å². The Bertz CT molecular complexity index is 1120. The van der Waals surface area contributed by atoms with E-state index < -0.39 is 17.8 Å². The molecule has 1 saturated heterocycles. The summed E-state index contributed by atoms with van der Waals surface area (Å²) in [5.41, 5.74) is 4.14. The number of nitrogens with zero attached hydrogens (tertiary/aromatic N) is 1. The number of hydrogen-bond donors (Lipinski definition) is 1. The van der Waals surface area contributed by atoms with Crippen LogP contribution in [0.4, 0.5) is 10.5 Å². The zero-order valence-electron chi connectivity index (χ0n) is 15.8. The first-order valence-corrected chi connectivity index (χ1v) is 9.16. The molecule has 1 heterocycles. The van der Waals surface area contributed by atoms with Gasteiger partial charge in [-0.3, -0.25) is 14.9 Å². The van der Waals surface area contributed by atoms with Crippen molar-refractivity contribution in [3.63, 3.8) is 0 Å². The molecule has 0 atom stereocenters. The highest BCUT2D eigenvalue weighted by atomic mass is 16.2. The number of nitrogens with one attached hydrogen (secondary N) is 1. The molecule has 5 heteroatoms. The highest BCUT2D eigenvalue weighted by Gasteiger charge is 2.36. The second kappa shape index (κ2) is 7.56. The number of amides is 4. The lowest BCUT2D eigenvalue weighted by molar-refractivity contribution is -0.122. The summed E-state index contributed by atoms with van der Waals surface area (Å²) in [6.45, 7) is 1.91. The summed E-state index contributed by atoms with van der Waals surface area (Å²) in [6.07, 6.45) is 1.50. The summed E-state index contributed by atoms with van der Waals surface area (Å²) in [5.74, 6) is -1.34. The van der Waals surface area contributed by atoms with Crippen molar-refractivity contribution in [1.82, 2.24) is 5.32 Å². The molecule has 0 aromatic heterocycles. The van der Waals surface area contributed by atoms with Crippen LogP contribution < -0.4 is 10.2 Å². The van der Waals surface area contributed by atoms with Crippen LogP contribution >= 0.6 is 0 Å². The number of carbonyl (C=O) groups excluding carboxylic acids is 3. The molecular weight excluding hydrogens is 364 g/mol. The molecule has 5 nitrogen and oxygen atoms in total. The van der Waals surface area contributed by atoms with Crippen molar-refractivity contribution in [2.24, 2.45) is 0 Å². The van der Waals surface area contributed by atoms with E-state index in [-0.39, 0.29) is 5.57 Å². The van der Waals surface area contributed by atoms with Crippen molar-refractivity contribution in [1.29, 1.82) is 0 Å². The van der Waals surface area contributed by atoms with Crippen LogP contribution in [0.2, 0.25) is 0 Å². The van der Waals surface area contributed by atoms with Crippen LogP contribution in [0.5, 0.6) is 0 Å². The quantitative estimate of drug-likeness (QED) is 0.542. The van der Waals surface area contributed by atoms with Gasteiger partial charge in [0.25, 0.3) is 11.8 Å². The summed E-state index contributed by atoms with van der Waals surface area (Å²) >= 11 is 0. The average Bonchev–Trinajstić information content (AvgIpc) is 2.73. The first-order chi connectivity index (χ1) is 14.0. The van der Waals surface area contributed by atoms with Crippen molar-refractivity contribution in [3.8, 4) is 11.1 Å². The zero-order chi connectivity index (χ0) is 20.4. The Morgan fingerprint density at radius 2 is 1.38 bits per heavy atom. The Hall–Kier alpha value is -3.99. The highest BCUT2D eigenvalue weighted by molar-refractivity contribution is 6.39. The second-order valence-electron chi connectivity index (χ2n) is 6.78. The van der Waals surface area contributed by atoms with Gasteiger partial charge in [-0.1, -0.05) is 72.3 Å². The van der Waals surface area contributed by atoms with E-state index in [1.54, 1.807) is 24.3 Å². The summed E-state index contributed by atoms with van der Waals surface area (Å²) < 4.78 is 0. The smallest absolute Gasteiger partial charge is 0.273 e. The zero-order valence-corrected chi connectivity index (χ0v) is 15.8. The second-order valence-corrected chi connectivity index (χ2v) is 6.78. The predicted molar refractivity (Wildman–Crippen MR) is 112 cm³/mol. The largest absolute Gasteiger partial charge is 0.335 e. The molecule has 3 aromatic rings. The highest BCUT2D eigenvalue weighted by Crippen LogP contribution is 2.24. The van der Waals surface area contributed by atoms with Crippen molar-refractivity contribution in [2.45, 2.75) is 6.92 Å². The number of urea groups is 1. The molecule has 0 unspecified atom stereocenters. The fourth-order valence-electron chi connectivity index (χ4n) is 3.15. The normalized spacial score (nSPS) is 15.6. The van der Waals surface area contributed by atoms with Gasteiger partial charge in [0.15, 0.2) is 0 Å². The first-order valence-electron chi connectivity index (χ1n) is 9.16. The standard InChI is InChI=1S/C24H18N2O3/c1-16-7-13-20(14-8-16)26-23(28)21(22(27)25-24(26)29)15-17-9-11-19(12-10-17)18-5-3-2-4-6-18/h2-15H,1H3,(H,25,27,29)/b21-15+. The van der Waals surface area contributed by atoms with Gasteiger partial charge in [0, 0.05) is 0 Å². The number of barbiturate groups is 1. The Kier molecular flexibility index (Phi) is 4.79. The average molecular weight is 382 g/mol. The lowest BCUT2D eigenvalue weighted by Gasteiger charge is -2.26. The van der Waals surface area contributed by atoms with Crippen LogP contribution in [0, 0.1) is 6.92 Å². The van der Waals surface area contributed by atoms with E-state index >= 15 is 0 Å². The Morgan fingerprint density at radius 3 is 2.03 bits per heavy atom. The monoisotopic (exact) mass is 382 g/mol. The Labute approximate surface area is 168 Å². The summed E-state index contributed by atoms with van der Waals surface area (Å²) in [7, 11) is 0. The van der Waals surface area contributed by atoms with Crippen molar-refractivity contribution in [2.75, 3.05) is 4.90 Å². The molecule has 3 aromatic carbocycles. The van der Waals surface area contributed by atoms with Gasteiger partial charge in [-0.05, 0) is 41.8 Å². The van der Waals surface area contributed by atoms with Gasteiger partial charge in [-0.15, -0.1) is 0 Å². The molecule has 0 bridgehead atoms.